The van der Waals surface area contributed by atoms with Crippen molar-refractivity contribution in [2.45, 2.75) is 19.3 Å². The van der Waals surface area contributed by atoms with Crippen LogP contribution in [0, 0.1) is 11.7 Å². The summed E-state index contributed by atoms with van der Waals surface area (Å²) in [6.07, 6.45) is 2.07. The van der Waals surface area contributed by atoms with Crippen molar-refractivity contribution in [3.05, 3.63) is 35.6 Å². The first kappa shape index (κ1) is 18.6. The molecule has 2 rings (SSSR count). The molecule has 1 aromatic rings. The molecule has 1 unspecified atom stereocenters. The van der Waals surface area contributed by atoms with Crippen molar-refractivity contribution in [2.75, 3.05) is 26.7 Å². The highest BCUT2D eigenvalue weighted by molar-refractivity contribution is 5.98. The number of nitrogens with one attached hydrogen (secondary N) is 1. The number of carbonyl (C=O) groups is 2. The first-order valence-corrected chi connectivity index (χ1v) is 7.34. The van der Waals surface area contributed by atoms with E-state index in [0.717, 1.165) is 19.4 Å². The van der Waals surface area contributed by atoms with Crippen LogP contribution in [0.1, 0.15) is 29.6 Å². The second-order valence-electron chi connectivity index (χ2n) is 5.40. The number of hydrogen-bond acceptors (Lipinski definition) is 3. The van der Waals surface area contributed by atoms with Gasteiger partial charge in [-0.15, -0.1) is 12.4 Å². The molecule has 1 aromatic carbocycles. The lowest BCUT2D eigenvalue weighted by Crippen LogP contribution is -2.43. The van der Waals surface area contributed by atoms with Crippen LogP contribution in [-0.4, -0.2) is 43.3 Å². The third-order valence-corrected chi connectivity index (χ3v) is 3.86. The van der Waals surface area contributed by atoms with Gasteiger partial charge in [-0.05, 0) is 44.2 Å². The second-order valence-corrected chi connectivity index (χ2v) is 5.40. The zero-order valence-electron chi connectivity index (χ0n) is 12.7. The van der Waals surface area contributed by atoms with Gasteiger partial charge in [-0.1, -0.05) is 0 Å². The van der Waals surface area contributed by atoms with Gasteiger partial charge in [-0.3, -0.25) is 9.59 Å². The molecule has 1 heterocycles. The average Bonchev–Trinajstić information content (AvgIpc) is 2.52. The molecule has 0 saturated carbocycles. The van der Waals surface area contributed by atoms with Gasteiger partial charge in [0.25, 0.3) is 0 Å². The number of amides is 1. The Morgan fingerprint density at radius 2 is 2.00 bits per heavy atom. The first-order valence-electron chi connectivity index (χ1n) is 7.34. The standard InChI is InChI=1S/C16H21FN2O2.ClH/c1-18-9-8-15(20)19-10-2-3-13(11-19)16(21)12-4-6-14(17)7-5-12;/h4-7,13,18H,2-3,8-11H2,1H3;1H. The lowest BCUT2D eigenvalue weighted by molar-refractivity contribution is -0.132. The van der Waals surface area contributed by atoms with Crippen LogP contribution >= 0.6 is 12.4 Å². The molecule has 1 N–H and O–H groups in total. The molecule has 1 atom stereocenters. The van der Waals surface area contributed by atoms with E-state index in [4.69, 9.17) is 0 Å². The lowest BCUT2D eigenvalue weighted by atomic mass is 9.90. The third kappa shape index (κ3) is 4.78. The Morgan fingerprint density at radius 3 is 2.64 bits per heavy atom. The molecular formula is C16H22ClFN2O2. The molecule has 0 aliphatic carbocycles. The van der Waals surface area contributed by atoms with Crippen LogP contribution in [0.2, 0.25) is 0 Å². The van der Waals surface area contributed by atoms with E-state index in [1.807, 2.05) is 7.05 Å². The summed E-state index contributed by atoms with van der Waals surface area (Å²) in [6, 6.07) is 5.62. The van der Waals surface area contributed by atoms with Crippen LogP contribution in [0.5, 0.6) is 0 Å². The zero-order chi connectivity index (χ0) is 15.2. The molecule has 1 saturated heterocycles. The van der Waals surface area contributed by atoms with Gasteiger partial charge in [0.05, 0.1) is 0 Å². The Morgan fingerprint density at radius 1 is 1.32 bits per heavy atom. The summed E-state index contributed by atoms with van der Waals surface area (Å²) in [5.74, 6) is -0.441. The van der Waals surface area contributed by atoms with Gasteiger partial charge in [-0.25, -0.2) is 4.39 Å². The maximum Gasteiger partial charge on any atom is 0.223 e. The van der Waals surface area contributed by atoms with Crippen LogP contribution in [0.3, 0.4) is 0 Å². The maximum atomic E-state index is 12.9. The van der Waals surface area contributed by atoms with E-state index in [1.165, 1.54) is 24.3 Å². The fourth-order valence-corrected chi connectivity index (χ4v) is 2.66. The number of likely N-dealkylation sites (tertiary alicyclic amines) is 1. The average molecular weight is 329 g/mol. The van der Waals surface area contributed by atoms with Gasteiger partial charge in [0.15, 0.2) is 5.78 Å². The predicted molar refractivity (Wildman–Crippen MR) is 85.8 cm³/mol. The monoisotopic (exact) mass is 328 g/mol. The minimum absolute atomic E-state index is 0. The molecule has 1 amide bonds. The highest BCUT2D eigenvalue weighted by Crippen LogP contribution is 2.21. The smallest absolute Gasteiger partial charge is 0.223 e. The van der Waals surface area contributed by atoms with Gasteiger partial charge < -0.3 is 10.2 Å². The third-order valence-electron chi connectivity index (χ3n) is 3.86. The maximum absolute atomic E-state index is 12.9. The van der Waals surface area contributed by atoms with E-state index >= 15 is 0 Å². The fourth-order valence-electron chi connectivity index (χ4n) is 2.66. The van der Waals surface area contributed by atoms with Crippen LogP contribution in [0.4, 0.5) is 4.39 Å². The second kappa shape index (κ2) is 8.86. The summed E-state index contributed by atoms with van der Waals surface area (Å²) in [4.78, 5) is 26.2. The van der Waals surface area contributed by atoms with Crippen LogP contribution in [-0.2, 0) is 4.79 Å². The molecule has 1 aliphatic rings. The number of nitrogens with zero attached hydrogens (tertiary/aromatic N) is 1. The number of benzene rings is 1. The molecule has 0 radical (unpaired) electrons. The van der Waals surface area contributed by atoms with Gasteiger partial charge in [0, 0.05) is 37.5 Å². The van der Waals surface area contributed by atoms with E-state index < -0.39 is 0 Å². The number of ketones is 1. The van der Waals surface area contributed by atoms with Gasteiger partial charge in [0.2, 0.25) is 5.91 Å². The van der Waals surface area contributed by atoms with Crippen molar-refractivity contribution in [1.29, 1.82) is 0 Å². The fraction of sp³-hybridized carbons (Fsp3) is 0.500. The Bertz CT molecular complexity index is 507. The number of piperidine rings is 1. The molecule has 1 fully saturated rings. The molecule has 6 heteroatoms. The molecule has 122 valence electrons. The van der Waals surface area contributed by atoms with E-state index in [9.17, 15) is 14.0 Å². The predicted octanol–water partition coefficient (Wildman–Crippen LogP) is 2.28. The SMILES string of the molecule is CNCCC(=O)N1CCCC(C(=O)c2ccc(F)cc2)C1.Cl. The van der Waals surface area contributed by atoms with Crippen molar-refractivity contribution >= 4 is 24.1 Å². The summed E-state index contributed by atoms with van der Waals surface area (Å²) in [5.41, 5.74) is 0.519. The molecule has 0 aromatic heterocycles. The van der Waals surface area contributed by atoms with Gasteiger partial charge in [0.1, 0.15) is 5.82 Å². The van der Waals surface area contributed by atoms with E-state index in [1.54, 1.807) is 4.90 Å². The van der Waals surface area contributed by atoms with E-state index in [0.29, 0.717) is 25.1 Å². The number of rotatable bonds is 5. The largest absolute Gasteiger partial charge is 0.342 e. The Hall–Kier alpha value is -1.46. The minimum atomic E-state index is -0.348. The van der Waals surface area contributed by atoms with Gasteiger partial charge >= 0.3 is 0 Å². The summed E-state index contributed by atoms with van der Waals surface area (Å²) >= 11 is 0. The molecule has 0 spiro atoms. The zero-order valence-corrected chi connectivity index (χ0v) is 13.5. The summed E-state index contributed by atoms with van der Waals surface area (Å²) < 4.78 is 12.9. The van der Waals surface area contributed by atoms with Crippen molar-refractivity contribution in [3.8, 4) is 0 Å². The number of halogens is 2. The van der Waals surface area contributed by atoms with Crippen molar-refractivity contribution in [3.63, 3.8) is 0 Å². The first-order chi connectivity index (χ1) is 10.1. The Balaban J connectivity index is 0.00000242. The Labute approximate surface area is 136 Å². The highest BCUT2D eigenvalue weighted by Gasteiger charge is 2.28. The van der Waals surface area contributed by atoms with E-state index in [2.05, 4.69) is 5.32 Å². The minimum Gasteiger partial charge on any atom is -0.342 e. The van der Waals surface area contributed by atoms with Crippen molar-refractivity contribution in [2.24, 2.45) is 5.92 Å². The van der Waals surface area contributed by atoms with Crippen molar-refractivity contribution in [1.82, 2.24) is 10.2 Å². The van der Waals surface area contributed by atoms with Crippen LogP contribution < -0.4 is 5.32 Å². The summed E-state index contributed by atoms with van der Waals surface area (Å²) in [6.45, 7) is 1.83. The lowest BCUT2D eigenvalue weighted by Gasteiger charge is -2.32. The molecule has 4 nitrogen and oxygen atoms in total. The quantitative estimate of drug-likeness (QED) is 0.844. The highest BCUT2D eigenvalue weighted by atomic mass is 35.5. The molecule has 1 aliphatic heterocycles. The molecule has 0 bridgehead atoms. The topological polar surface area (TPSA) is 49.4 Å². The van der Waals surface area contributed by atoms with Crippen molar-refractivity contribution < 1.29 is 14.0 Å². The molecule has 22 heavy (non-hydrogen) atoms. The number of hydrogen-bond donors (Lipinski definition) is 1. The van der Waals surface area contributed by atoms with Crippen LogP contribution in [0.15, 0.2) is 24.3 Å². The summed E-state index contributed by atoms with van der Waals surface area (Å²) in [5, 5.41) is 2.95. The van der Waals surface area contributed by atoms with E-state index in [-0.39, 0.29) is 35.8 Å². The van der Waals surface area contributed by atoms with Crippen LogP contribution in [0.25, 0.3) is 0 Å². The summed E-state index contributed by atoms with van der Waals surface area (Å²) in [7, 11) is 1.81. The number of carbonyl (C=O) groups excluding carboxylic acids is 2. The van der Waals surface area contributed by atoms with Gasteiger partial charge in [-0.2, -0.15) is 0 Å². The Kier molecular flexibility index (Phi) is 7.48. The normalized spacial score (nSPS) is 17.7. The molecular weight excluding hydrogens is 307 g/mol. The number of Topliss-reactive ketones (excluding diaryl/α,β-unsaturated/α-hetero) is 1.